The summed E-state index contributed by atoms with van der Waals surface area (Å²) in [6.07, 6.45) is 2.37. The topological polar surface area (TPSA) is 167 Å². The Morgan fingerprint density at radius 3 is 2.00 bits per heavy atom. The van der Waals surface area contributed by atoms with Crippen LogP contribution in [0.3, 0.4) is 0 Å². The van der Waals surface area contributed by atoms with Crippen LogP contribution in [-0.4, -0.2) is 85.3 Å². The summed E-state index contributed by atoms with van der Waals surface area (Å²) >= 11 is 0. The average molecular weight is 694 g/mol. The largest absolute Gasteiger partial charge is 0.494 e. The summed E-state index contributed by atoms with van der Waals surface area (Å²) in [5.74, 6) is -0.132. The third kappa shape index (κ3) is 11.7. The van der Waals surface area contributed by atoms with Crippen LogP contribution < -0.4 is 36.1 Å². The van der Waals surface area contributed by atoms with Gasteiger partial charge in [0.05, 0.1) is 31.4 Å². The molecule has 12 heteroatoms. The van der Waals surface area contributed by atoms with Gasteiger partial charge in [-0.05, 0) is 79.3 Å². The van der Waals surface area contributed by atoms with Crippen molar-refractivity contribution in [1.82, 2.24) is 26.6 Å². The van der Waals surface area contributed by atoms with Crippen LogP contribution in [-0.2, 0) is 32.0 Å². The second-order valence-corrected chi connectivity index (χ2v) is 13.8. The molecule has 274 valence electrons. The number of fused-ring (bicyclic) bond motifs is 25. The zero-order chi connectivity index (χ0) is 36.0. The van der Waals surface area contributed by atoms with Crippen LogP contribution in [0.25, 0.3) is 0 Å². The molecule has 50 heavy (non-hydrogen) atoms. The molecule has 0 fully saturated rings. The van der Waals surface area contributed by atoms with E-state index in [1.165, 1.54) is 0 Å². The lowest BCUT2D eigenvalue weighted by Gasteiger charge is -2.30. The van der Waals surface area contributed by atoms with Crippen LogP contribution in [0, 0.1) is 11.8 Å². The van der Waals surface area contributed by atoms with Crippen molar-refractivity contribution in [2.24, 2.45) is 11.8 Å². The molecule has 0 radical (unpaired) electrons. The Bertz CT molecular complexity index is 1400. The molecule has 0 saturated carbocycles. The number of amides is 4. The van der Waals surface area contributed by atoms with Crippen LogP contribution in [0.1, 0.15) is 70.9 Å². The van der Waals surface area contributed by atoms with Crippen molar-refractivity contribution in [3.63, 3.8) is 0 Å². The molecule has 0 spiro atoms. The van der Waals surface area contributed by atoms with Crippen molar-refractivity contribution < 1.29 is 33.8 Å². The van der Waals surface area contributed by atoms with Gasteiger partial charge in [0.1, 0.15) is 23.6 Å². The first-order chi connectivity index (χ1) is 24.0. The monoisotopic (exact) mass is 693 g/mol. The van der Waals surface area contributed by atoms with E-state index in [1.807, 2.05) is 76.2 Å². The SMILES string of the molecule is CCC(C)[C@@H]1NC(=O)[C@@H](NC[C@@H](O)[C@@H]2Cc3ccc(cc3)OCCCCC(=O)N[C@@H](C(C)C)C(=O)N2)Cc2ccc(cc2)OCCCNC1=O. The number of carbonyl (C=O) groups is 4. The van der Waals surface area contributed by atoms with Gasteiger partial charge in [-0.15, -0.1) is 0 Å². The smallest absolute Gasteiger partial charge is 0.243 e. The Balaban J connectivity index is 1.57. The van der Waals surface area contributed by atoms with Crippen LogP contribution >= 0.6 is 0 Å². The third-order valence-electron chi connectivity index (χ3n) is 9.44. The van der Waals surface area contributed by atoms with E-state index in [1.54, 1.807) is 0 Å². The van der Waals surface area contributed by atoms with Crippen LogP contribution in [0.4, 0.5) is 0 Å². The van der Waals surface area contributed by atoms with Crippen molar-refractivity contribution in [1.29, 1.82) is 0 Å². The molecule has 1 unspecified atom stereocenters. The zero-order valence-electron chi connectivity index (χ0n) is 29.8. The van der Waals surface area contributed by atoms with Gasteiger partial charge in [0.15, 0.2) is 0 Å². The lowest BCUT2D eigenvalue weighted by atomic mass is 9.96. The number of nitrogens with one attached hydrogen (secondary N) is 5. The first-order valence-electron chi connectivity index (χ1n) is 18.1. The molecule has 0 aromatic heterocycles. The van der Waals surface area contributed by atoms with E-state index in [0.29, 0.717) is 63.4 Å². The summed E-state index contributed by atoms with van der Waals surface area (Å²) < 4.78 is 11.7. The lowest BCUT2D eigenvalue weighted by molar-refractivity contribution is -0.131. The minimum Gasteiger partial charge on any atom is -0.494 e. The number of rotatable bonds is 7. The van der Waals surface area contributed by atoms with Crippen molar-refractivity contribution in [3.05, 3.63) is 59.7 Å². The normalized spacial score (nSPS) is 24.4. The molecule has 4 aliphatic rings. The molecular weight excluding hydrogens is 638 g/mol. The van der Waals surface area contributed by atoms with E-state index in [0.717, 1.165) is 11.1 Å². The summed E-state index contributed by atoms with van der Waals surface area (Å²) in [5, 5.41) is 26.7. The number of aliphatic hydroxyl groups is 1. The van der Waals surface area contributed by atoms with Gasteiger partial charge in [0, 0.05) is 19.5 Å². The number of aliphatic hydroxyl groups excluding tert-OH is 1. The molecule has 4 heterocycles. The van der Waals surface area contributed by atoms with Crippen molar-refractivity contribution in [2.45, 2.75) is 103 Å². The van der Waals surface area contributed by atoms with E-state index < -0.39 is 30.3 Å². The highest BCUT2D eigenvalue weighted by Crippen LogP contribution is 2.18. The maximum atomic E-state index is 13.9. The summed E-state index contributed by atoms with van der Waals surface area (Å²) in [5.41, 5.74) is 1.74. The van der Waals surface area contributed by atoms with E-state index >= 15 is 0 Å². The Morgan fingerprint density at radius 2 is 1.38 bits per heavy atom. The quantitative estimate of drug-likeness (QED) is 0.257. The number of carbonyl (C=O) groups excluding carboxylic acids is 4. The molecule has 2 aromatic carbocycles. The van der Waals surface area contributed by atoms with Crippen molar-refractivity contribution in [3.8, 4) is 11.5 Å². The molecule has 2 aromatic rings. The van der Waals surface area contributed by atoms with Crippen molar-refractivity contribution >= 4 is 23.6 Å². The number of benzene rings is 2. The summed E-state index contributed by atoms with van der Waals surface area (Å²) in [7, 11) is 0. The molecule has 0 aliphatic carbocycles. The van der Waals surface area contributed by atoms with E-state index in [4.69, 9.17) is 9.47 Å². The highest BCUT2D eigenvalue weighted by Gasteiger charge is 2.32. The minimum atomic E-state index is -1.12. The zero-order valence-corrected chi connectivity index (χ0v) is 29.8. The van der Waals surface area contributed by atoms with Gasteiger partial charge in [0.25, 0.3) is 0 Å². The standard InChI is InChI=1S/C38H55N5O7/c1-5-25(4)35-37(47)39-18-8-20-50-29-16-12-27(13-17-29)22-31(36(46)43-35)40-23-32(44)30-21-26-10-14-28(15-11-26)49-19-7-6-9-33(45)42-34(24(2)3)38(48)41-30/h10-17,24-25,30-32,34-35,40,44H,5-9,18-23H2,1-4H3,(H,39,47)(H,41,48)(H,42,45)(H,43,46)/t25?,30-,31-,32+,34-,35-/m0/s1. The van der Waals surface area contributed by atoms with Gasteiger partial charge >= 0.3 is 0 Å². The van der Waals surface area contributed by atoms with Gasteiger partial charge in [-0.3, -0.25) is 19.2 Å². The molecule has 6 rings (SSSR count). The first kappa shape index (κ1) is 38.6. The predicted molar refractivity (Wildman–Crippen MR) is 191 cm³/mol. The maximum Gasteiger partial charge on any atom is 0.243 e. The molecule has 0 saturated heterocycles. The number of hydrogen-bond donors (Lipinski definition) is 6. The summed E-state index contributed by atoms with van der Waals surface area (Å²) in [4.78, 5) is 53.5. The lowest BCUT2D eigenvalue weighted by Crippen LogP contribution is -2.58. The average Bonchev–Trinajstić information content (AvgIpc) is 3.10. The highest BCUT2D eigenvalue weighted by molar-refractivity contribution is 5.90. The Morgan fingerprint density at radius 1 is 0.760 bits per heavy atom. The second-order valence-electron chi connectivity index (χ2n) is 13.8. The van der Waals surface area contributed by atoms with Crippen LogP contribution in [0.5, 0.6) is 11.5 Å². The molecule has 4 aliphatic heterocycles. The Labute approximate surface area is 295 Å². The van der Waals surface area contributed by atoms with E-state index in [2.05, 4.69) is 26.6 Å². The fourth-order valence-corrected chi connectivity index (χ4v) is 6.05. The second kappa shape index (κ2) is 19.3. The van der Waals surface area contributed by atoms with Crippen LogP contribution in [0.2, 0.25) is 0 Å². The van der Waals surface area contributed by atoms with E-state index in [-0.39, 0.29) is 54.9 Å². The molecule has 6 atom stereocenters. The molecule has 12 nitrogen and oxygen atoms in total. The van der Waals surface area contributed by atoms with E-state index in [9.17, 15) is 24.3 Å². The fraction of sp³-hybridized carbons (Fsp3) is 0.579. The molecule has 6 N–H and O–H groups in total. The Hall–Kier alpha value is -4.16. The molecule has 4 amide bonds. The van der Waals surface area contributed by atoms with Gasteiger partial charge in [-0.2, -0.15) is 0 Å². The fourth-order valence-electron chi connectivity index (χ4n) is 6.05. The van der Waals surface area contributed by atoms with Gasteiger partial charge in [-0.25, -0.2) is 0 Å². The summed E-state index contributed by atoms with van der Waals surface area (Å²) in [6.45, 7) is 8.92. The number of hydrogen-bond acceptors (Lipinski definition) is 8. The van der Waals surface area contributed by atoms with Gasteiger partial charge in [0.2, 0.25) is 23.6 Å². The Kier molecular flexibility index (Phi) is 14.9. The van der Waals surface area contributed by atoms with Gasteiger partial charge in [-0.1, -0.05) is 58.4 Å². The van der Waals surface area contributed by atoms with Gasteiger partial charge < -0.3 is 41.2 Å². The molecular formula is C38H55N5O7. The van der Waals surface area contributed by atoms with Crippen molar-refractivity contribution in [2.75, 3.05) is 26.3 Å². The predicted octanol–water partition coefficient (Wildman–Crippen LogP) is 2.41. The summed E-state index contributed by atoms with van der Waals surface area (Å²) in [6, 6.07) is 11.9. The first-order valence-corrected chi connectivity index (χ1v) is 18.1. The van der Waals surface area contributed by atoms with Crippen LogP contribution in [0.15, 0.2) is 48.5 Å². The highest BCUT2D eigenvalue weighted by atomic mass is 16.5. The molecule has 4 bridgehead atoms. The number of ether oxygens (including phenoxy) is 2. The minimum absolute atomic E-state index is 0.0374. The maximum absolute atomic E-state index is 13.9. The third-order valence-corrected chi connectivity index (χ3v) is 9.44.